The summed E-state index contributed by atoms with van der Waals surface area (Å²) in [6, 6.07) is 0. The second-order valence-electron chi connectivity index (χ2n) is 4.48. The van der Waals surface area contributed by atoms with Gasteiger partial charge in [-0.15, -0.1) is 0 Å². The highest BCUT2D eigenvalue weighted by Gasteiger charge is 2.20. The van der Waals surface area contributed by atoms with Crippen LogP contribution < -0.4 is 0 Å². The molecule has 0 unspecified atom stereocenters. The van der Waals surface area contributed by atoms with Gasteiger partial charge in [0.2, 0.25) is 0 Å². The number of benzene rings is 1. The fourth-order valence-corrected chi connectivity index (χ4v) is 2.77. The van der Waals surface area contributed by atoms with Crippen molar-refractivity contribution in [1.82, 2.24) is 0 Å². The van der Waals surface area contributed by atoms with E-state index < -0.39 is 0 Å². The third-order valence-corrected chi connectivity index (χ3v) is 3.71. The molecule has 2 rings (SSSR count). The zero-order valence-corrected chi connectivity index (χ0v) is 9.80. The highest BCUT2D eigenvalue weighted by molar-refractivity contribution is 5.94. The van der Waals surface area contributed by atoms with Crippen molar-refractivity contribution >= 4 is 12.6 Å². The number of carbonyl (C=O) groups excluding carboxylic acids is 2. The summed E-state index contributed by atoms with van der Waals surface area (Å²) in [6.45, 7) is 3.92. The largest absolute Gasteiger partial charge is 0.298 e. The van der Waals surface area contributed by atoms with Gasteiger partial charge in [0.25, 0.3) is 0 Å². The van der Waals surface area contributed by atoms with Gasteiger partial charge >= 0.3 is 0 Å². The standard InChI is InChI=1S/C14H16O2/c1-9-11-5-3-4-6-12(11)10(2)14(8-16)13(9)7-15/h7-8H,3-6H2,1-2H3. The maximum absolute atomic E-state index is 11.1. The first kappa shape index (κ1) is 11.1. The fourth-order valence-electron chi connectivity index (χ4n) is 2.77. The first-order chi connectivity index (χ1) is 7.70. The van der Waals surface area contributed by atoms with Crippen molar-refractivity contribution in [2.45, 2.75) is 39.5 Å². The molecule has 0 N–H and O–H groups in total. The van der Waals surface area contributed by atoms with Crippen LogP contribution in [0.15, 0.2) is 0 Å². The molecule has 16 heavy (non-hydrogen) atoms. The minimum Gasteiger partial charge on any atom is -0.298 e. The molecule has 0 atom stereocenters. The van der Waals surface area contributed by atoms with E-state index in [0.717, 1.165) is 36.5 Å². The quantitative estimate of drug-likeness (QED) is 0.712. The number of fused-ring (bicyclic) bond motifs is 1. The van der Waals surface area contributed by atoms with E-state index in [-0.39, 0.29) is 0 Å². The molecule has 0 radical (unpaired) electrons. The summed E-state index contributed by atoms with van der Waals surface area (Å²) in [7, 11) is 0. The van der Waals surface area contributed by atoms with Crippen LogP contribution in [-0.4, -0.2) is 12.6 Å². The van der Waals surface area contributed by atoms with Crippen LogP contribution in [0, 0.1) is 13.8 Å². The van der Waals surface area contributed by atoms with E-state index in [1.165, 1.54) is 24.0 Å². The van der Waals surface area contributed by atoms with Gasteiger partial charge in [0, 0.05) is 11.1 Å². The molecule has 0 saturated heterocycles. The summed E-state index contributed by atoms with van der Waals surface area (Å²) in [5.41, 5.74) is 5.81. The second kappa shape index (κ2) is 4.20. The Balaban J connectivity index is 2.78. The Morgan fingerprint density at radius 3 is 1.50 bits per heavy atom. The number of carbonyl (C=O) groups is 2. The van der Waals surface area contributed by atoms with Gasteiger partial charge in [0.15, 0.2) is 12.6 Å². The van der Waals surface area contributed by atoms with Crippen molar-refractivity contribution in [3.05, 3.63) is 33.4 Å². The zero-order chi connectivity index (χ0) is 11.7. The lowest BCUT2D eigenvalue weighted by Gasteiger charge is -2.23. The predicted octanol–water partition coefficient (Wildman–Crippen LogP) is 2.81. The van der Waals surface area contributed by atoms with Crippen LogP contribution in [-0.2, 0) is 12.8 Å². The van der Waals surface area contributed by atoms with Crippen LogP contribution in [0.25, 0.3) is 0 Å². The Hall–Kier alpha value is -1.44. The molecule has 2 heteroatoms. The minimum atomic E-state index is 0.591. The molecular weight excluding hydrogens is 200 g/mol. The monoisotopic (exact) mass is 216 g/mol. The molecule has 1 aliphatic carbocycles. The number of hydrogen-bond donors (Lipinski definition) is 0. The first-order valence-electron chi connectivity index (χ1n) is 5.76. The van der Waals surface area contributed by atoms with E-state index >= 15 is 0 Å². The maximum atomic E-state index is 11.1. The molecule has 2 nitrogen and oxygen atoms in total. The molecule has 1 aliphatic rings. The normalized spacial score (nSPS) is 14.4. The fraction of sp³-hybridized carbons (Fsp3) is 0.429. The van der Waals surface area contributed by atoms with Gasteiger partial charge in [0.1, 0.15) is 0 Å². The van der Waals surface area contributed by atoms with Crippen molar-refractivity contribution < 1.29 is 9.59 Å². The number of rotatable bonds is 2. The SMILES string of the molecule is Cc1c(C=O)c(C=O)c(C)c2c1CCCC2. The van der Waals surface area contributed by atoms with Gasteiger partial charge in [0.05, 0.1) is 0 Å². The topological polar surface area (TPSA) is 34.1 Å². The van der Waals surface area contributed by atoms with E-state index in [9.17, 15) is 9.59 Å². The lowest BCUT2D eigenvalue weighted by Crippen LogP contribution is -2.12. The van der Waals surface area contributed by atoms with Gasteiger partial charge in [-0.1, -0.05) is 0 Å². The first-order valence-corrected chi connectivity index (χ1v) is 5.76. The van der Waals surface area contributed by atoms with E-state index in [2.05, 4.69) is 0 Å². The molecule has 0 aliphatic heterocycles. The van der Waals surface area contributed by atoms with Gasteiger partial charge < -0.3 is 0 Å². The lowest BCUT2D eigenvalue weighted by molar-refractivity contribution is 0.109. The Kier molecular flexibility index (Phi) is 2.90. The van der Waals surface area contributed by atoms with E-state index in [0.29, 0.717) is 11.1 Å². The van der Waals surface area contributed by atoms with Crippen molar-refractivity contribution in [1.29, 1.82) is 0 Å². The summed E-state index contributed by atoms with van der Waals surface area (Å²) >= 11 is 0. The van der Waals surface area contributed by atoms with Crippen LogP contribution in [0.4, 0.5) is 0 Å². The Labute approximate surface area is 95.7 Å². The third-order valence-electron chi connectivity index (χ3n) is 3.71. The van der Waals surface area contributed by atoms with Gasteiger partial charge in [-0.25, -0.2) is 0 Å². The summed E-state index contributed by atoms with van der Waals surface area (Å²) < 4.78 is 0. The molecule has 0 spiro atoms. The Morgan fingerprint density at radius 1 is 0.812 bits per heavy atom. The zero-order valence-electron chi connectivity index (χ0n) is 9.80. The Bertz CT molecular complexity index is 416. The number of hydrogen-bond acceptors (Lipinski definition) is 2. The molecule has 0 fully saturated rings. The Morgan fingerprint density at radius 2 is 1.19 bits per heavy atom. The van der Waals surface area contributed by atoms with Crippen molar-refractivity contribution in [3.63, 3.8) is 0 Å². The summed E-state index contributed by atoms with van der Waals surface area (Å²) in [5.74, 6) is 0. The minimum absolute atomic E-state index is 0.591. The van der Waals surface area contributed by atoms with Crippen LogP contribution in [0.2, 0.25) is 0 Å². The molecule has 1 aromatic rings. The van der Waals surface area contributed by atoms with E-state index in [1.807, 2.05) is 13.8 Å². The van der Waals surface area contributed by atoms with Crippen molar-refractivity contribution in [2.24, 2.45) is 0 Å². The highest BCUT2D eigenvalue weighted by atomic mass is 16.1. The molecular formula is C14H16O2. The van der Waals surface area contributed by atoms with Crippen LogP contribution in [0.5, 0.6) is 0 Å². The molecule has 0 bridgehead atoms. The van der Waals surface area contributed by atoms with Gasteiger partial charge in [-0.3, -0.25) is 9.59 Å². The average Bonchev–Trinajstić information content (AvgIpc) is 2.33. The number of aldehydes is 2. The molecule has 0 aromatic heterocycles. The molecule has 0 saturated carbocycles. The predicted molar refractivity (Wildman–Crippen MR) is 63.3 cm³/mol. The lowest BCUT2D eigenvalue weighted by atomic mass is 9.81. The summed E-state index contributed by atoms with van der Waals surface area (Å²) in [4.78, 5) is 22.2. The van der Waals surface area contributed by atoms with Crippen LogP contribution >= 0.6 is 0 Å². The molecule has 84 valence electrons. The van der Waals surface area contributed by atoms with E-state index in [4.69, 9.17) is 0 Å². The van der Waals surface area contributed by atoms with E-state index in [1.54, 1.807) is 0 Å². The van der Waals surface area contributed by atoms with Crippen LogP contribution in [0.1, 0.15) is 55.8 Å². The molecule has 0 amide bonds. The second-order valence-corrected chi connectivity index (χ2v) is 4.48. The van der Waals surface area contributed by atoms with Crippen molar-refractivity contribution in [3.8, 4) is 0 Å². The molecule has 1 aromatic carbocycles. The van der Waals surface area contributed by atoms with Gasteiger partial charge in [-0.05, 0) is 61.8 Å². The highest BCUT2D eigenvalue weighted by Crippen LogP contribution is 2.31. The summed E-state index contributed by atoms with van der Waals surface area (Å²) in [5, 5.41) is 0. The summed E-state index contributed by atoms with van der Waals surface area (Å²) in [6.07, 6.45) is 6.10. The van der Waals surface area contributed by atoms with Gasteiger partial charge in [-0.2, -0.15) is 0 Å². The maximum Gasteiger partial charge on any atom is 0.151 e. The average molecular weight is 216 g/mol. The molecule has 0 heterocycles. The van der Waals surface area contributed by atoms with Crippen LogP contribution in [0.3, 0.4) is 0 Å². The smallest absolute Gasteiger partial charge is 0.151 e. The van der Waals surface area contributed by atoms with Crippen molar-refractivity contribution in [2.75, 3.05) is 0 Å². The third kappa shape index (κ3) is 1.49.